The fourth-order valence-corrected chi connectivity index (χ4v) is 2.74. The summed E-state index contributed by atoms with van der Waals surface area (Å²) in [5.74, 6) is 0. The molecule has 0 fully saturated rings. The largest absolute Gasteiger partial charge is 0.330 e. The lowest BCUT2D eigenvalue weighted by molar-refractivity contribution is 0.276. The molecule has 0 atom stereocenters. The minimum Gasteiger partial charge on any atom is -0.312 e. The monoisotopic (exact) mass is 306 g/mol. The van der Waals surface area contributed by atoms with Crippen molar-refractivity contribution in [1.82, 2.24) is 0 Å². The minimum absolute atomic E-state index is 0.410. The maximum absolute atomic E-state index is 11.8. The van der Waals surface area contributed by atoms with Crippen LogP contribution in [-0.2, 0) is 25.4 Å². The van der Waals surface area contributed by atoms with E-state index in [9.17, 15) is 4.57 Å². The molecule has 3 nitrogen and oxygen atoms in total. The predicted octanol–water partition coefficient (Wildman–Crippen LogP) is 3.61. The number of aryl methyl sites for hydroxylation is 1. The smallest absolute Gasteiger partial charge is 0.312 e. The third-order valence-corrected chi connectivity index (χ3v) is 4.94. The van der Waals surface area contributed by atoms with Gasteiger partial charge in [-0.15, -0.1) is 0 Å². The summed E-state index contributed by atoms with van der Waals surface area (Å²) in [6.07, 6.45) is 1.11. The fraction of sp³-hybridized carbons (Fsp3) is 0.455. The lowest BCUT2D eigenvalue weighted by atomic mass is 10.1. The van der Waals surface area contributed by atoms with Crippen LogP contribution in [0.25, 0.3) is 0 Å². The van der Waals surface area contributed by atoms with E-state index in [1.165, 1.54) is 19.8 Å². The molecule has 1 aromatic carbocycles. The first-order valence-electron chi connectivity index (χ1n) is 4.98. The molecule has 0 amide bonds. The van der Waals surface area contributed by atoms with Crippen molar-refractivity contribution in [2.75, 3.05) is 20.4 Å². The highest BCUT2D eigenvalue weighted by atomic mass is 79.9. The summed E-state index contributed by atoms with van der Waals surface area (Å²) in [5, 5.41) is 0.849. The molecule has 0 radical (unpaired) electrons. The zero-order valence-electron chi connectivity index (χ0n) is 9.48. The predicted molar refractivity (Wildman–Crippen MR) is 69.3 cm³/mol. The van der Waals surface area contributed by atoms with Gasteiger partial charge in [-0.05, 0) is 17.5 Å². The Balaban J connectivity index is 2.57. The molecule has 5 heteroatoms. The van der Waals surface area contributed by atoms with Crippen LogP contribution in [0.15, 0.2) is 24.3 Å². The van der Waals surface area contributed by atoms with Crippen LogP contribution in [-0.4, -0.2) is 20.4 Å². The van der Waals surface area contributed by atoms with Gasteiger partial charge in [-0.3, -0.25) is 4.57 Å². The van der Waals surface area contributed by atoms with Crippen LogP contribution in [0.3, 0.4) is 0 Å². The van der Waals surface area contributed by atoms with E-state index < -0.39 is 7.60 Å². The van der Waals surface area contributed by atoms with Crippen molar-refractivity contribution < 1.29 is 13.6 Å². The first-order chi connectivity index (χ1) is 7.63. The van der Waals surface area contributed by atoms with E-state index in [1.54, 1.807) is 0 Å². The van der Waals surface area contributed by atoms with E-state index in [0.717, 1.165) is 10.9 Å². The van der Waals surface area contributed by atoms with Crippen LogP contribution in [0.1, 0.15) is 11.1 Å². The molecule has 0 N–H and O–H groups in total. The van der Waals surface area contributed by atoms with Gasteiger partial charge in [0.2, 0.25) is 0 Å². The van der Waals surface area contributed by atoms with E-state index >= 15 is 0 Å². The van der Waals surface area contributed by atoms with Gasteiger partial charge in [0.1, 0.15) is 0 Å². The average molecular weight is 307 g/mol. The summed E-state index contributed by atoms with van der Waals surface area (Å²) in [5.41, 5.74) is 2.37. The van der Waals surface area contributed by atoms with Crippen molar-refractivity contribution in [2.45, 2.75) is 11.8 Å². The van der Waals surface area contributed by atoms with Gasteiger partial charge >= 0.3 is 7.60 Å². The molecule has 0 aromatic heterocycles. The summed E-state index contributed by atoms with van der Waals surface area (Å²) >= 11 is 3.39. The Hall–Kier alpha value is -0.150. The number of hydrogen-bond acceptors (Lipinski definition) is 3. The molecule has 0 aliphatic heterocycles. The zero-order valence-corrected chi connectivity index (χ0v) is 12.0. The summed E-state index contributed by atoms with van der Waals surface area (Å²) in [4.78, 5) is 0. The average Bonchev–Trinajstić information content (AvgIpc) is 2.36. The van der Waals surface area contributed by atoms with Crippen LogP contribution in [0, 0.1) is 0 Å². The van der Waals surface area contributed by atoms with Gasteiger partial charge < -0.3 is 9.05 Å². The second-order valence-corrected chi connectivity index (χ2v) is 6.36. The molecular formula is C11H16BrO3P. The van der Waals surface area contributed by atoms with E-state index in [2.05, 4.69) is 28.1 Å². The molecule has 0 spiro atoms. The molecule has 90 valence electrons. The fourth-order valence-electron chi connectivity index (χ4n) is 1.32. The second-order valence-electron chi connectivity index (χ2n) is 3.40. The van der Waals surface area contributed by atoms with Gasteiger partial charge in [0.15, 0.2) is 0 Å². The van der Waals surface area contributed by atoms with E-state index in [-0.39, 0.29) is 0 Å². The highest BCUT2D eigenvalue weighted by Crippen LogP contribution is 2.46. The summed E-state index contributed by atoms with van der Waals surface area (Å²) < 4.78 is 21.6. The quantitative estimate of drug-likeness (QED) is 0.595. The van der Waals surface area contributed by atoms with Crippen molar-refractivity contribution in [1.29, 1.82) is 0 Å². The normalized spacial score (nSPS) is 11.7. The third kappa shape index (κ3) is 4.02. The maximum Gasteiger partial charge on any atom is 0.330 e. The highest BCUT2D eigenvalue weighted by molar-refractivity contribution is 9.08. The Bertz CT molecular complexity index is 356. The van der Waals surface area contributed by atoms with Crippen LogP contribution in [0.2, 0.25) is 0 Å². The third-order valence-electron chi connectivity index (χ3n) is 2.41. The standard InChI is InChI=1S/C11H16BrO3P/c1-14-16(13,15-2)8-7-10-3-5-11(9-12)6-4-10/h3-6H,7-9H2,1-2H3. The number of rotatable bonds is 6. The molecular weight excluding hydrogens is 291 g/mol. The zero-order chi connectivity index (χ0) is 12.0. The summed E-state index contributed by atoms with van der Waals surface area (Å²) in [6.45, 7) is 0. The van der Waals surface area contributed by atoms with Crippen molar-refractivity contribution in [3.63, 3.8) is 0 Å². The number of hydrogen-bond donors (Lipinski definition) is 0. The lowest BCUT2D eigenvalue weighted by Crippen LogP contribution is -1.98. The molecule has 0 heterocycles. The SMILES string of the molecule is COP(=O)(CCc1ccc(CBr)cc1)OC. The first-order valence-corrected chi connectivity index (χ1v) is 7.83. The summed E-state index contributed by atoms with van der Waals surface area (Å²) in [6, 6.07) is 8.17. The van der Waals surface area contributed by atoms with Gasteiger partial charge in [-0.25, -0.2) is 0 Å². The van der Waals surface area contributed by atoms with Gasteiger partial charge in [-0.2, -0.15) is 0 Å². The molecule has 1 aromatic rings. The maximum atomic E-state index is 11.8. The molecule has 0 aliphatic carbocycles. The number of halogens is 1. The summed E-state index contributed by atoms with van der Waals surface area (Å²) in [7, 11) is -0.0449. The topological polar surface area (TPSA) is 35.5 Å². The molecule has 0 aliphatic rings. The molecule has 0 saturated carbocycles. The second kappa shape index (κ2) is 6.55. The van der Waals surface area contributed by atoms with Crippen LogP contribution in [0.4, 0.5) is 0 Å². The van der Waals surface area contributed by atoms with Crippen LogP contribution >= 0.6 is 23.5 Å². The first kappa shape index (κ1) is 13.9. The Morgan fingerprint density at radius 1 is 1.12 bits per heavy atom. The molecule has 1 rings (SSSR count). The van der Waals surface area contributed by atoms with Crippen LogP contribution in [0.5, 0.6) is 0 Å². The minimum atomic E-state index is -2.87. The van der Waals surface area contributed by atoms with Crippen molar-refractivity contribution in [3.05, 3.63) is 35.4 Å². The molecule has 0 unspecified atom stereocenters. The van der Waals surface area contributed by atoms with E-state index in [1.807, 2.05) is 12.1 Å². The Morgan fingerprint density at radius 3 is 2.06 bits per heavy atom. The van der Waals surface area contributed by atoms with Crippen LogP contribution < -0.4 is 0 Å². The molecule has 0 saturated heterocycles. The number of alkyl halides is 1. The Labute approximate surface area is 105 Å². The van der Waals surface area contributed by atoms with E-state index in [4.69, 9.17) is 9.05 Å². The highest BCUT2D eigenvalue weighted by Gasteiger charge is 2.20. The van der Waals surface area contributed by atoms with Gasteiger partial charge in [0.05, 0.1) is 6.16 Å². The van der Waals surface area contributed by atoms with Gasteiger partial charge in [-0.1, -0.05) is 40.2 Å². The van der Waals surface area contributed by atoms with Gasteiger partial charge in [0, 0.05) is 19.5 Å². The van der Waals surface area contributed by atoms with Crippen molar-refractivity contribution >= 4 is 23.5 Å². The molecule has 16 heavy (non-hydrogen) atoms. The Kier molecular flexibility index (Phi) is 5.70. The van der Waals surface area contributed by atoms with Crippen molar-refractivity contribution in [2.24, 2.45) is 0 Å². The van der Waals surface area contributed by atoms with E-state index in [0.29, 0.717) is 12.6 Å². The van der Waals surface area contributed by atoms with Crippen molar-refractivity contribution in [3.8, 4) is 0 Å². The molecule has 0 bridgehead atoms. The Morgan fingerprint density at radius 2 is 1.62 bits per heavy atom. The van der Waals surface area contributed by atoms with Gasteiger partial charge in [0.25, 0.3) is 0 Å². The number of benzene rings is 1. The lowest BCUT2D eigenvalue weighted by Gasteiger charge is -2.13.